The van der Waals surface area contributed by atoms with E-state index in [4.69, 9.17) is 5.11 Å². The molecule has 4 nitrogen and oxygen atoms in total. The number of aliphatic carboxylic acids is 1. The summed E-state index contributed by atoms with van der Waals surface area (Å²) in [6, 6.07) is 7.52. The van der Waals surface area contributed by atoms with Crippen LogP contribution in [0, 0.1) is 5.41 Å². The third-order valence-corrected chi connectivity index (χ3v) is 5.25. The van der Waals surface area contributed by atoms with Crippen LogP contribution in [-0.4, -0.2) is 21.6 Å². The second-order valence-corrected chi connectivity index (χ2v) is 6.87. The third-order valence-electron chi connectivity index (χ3n) is 5.25. The molecule has 23 heavy (non-hydrogen) atoms. The second kappa shape index (κ2) is 6.51. The van der Waals surface area contributed by atoms with Gasteiger partial charge >= 0.3 is 5.97 Å². The zero-order chi connectivity index (χ0) is 16.3. The van der Waals surface area contributed by atoms with Crippen LogP contribution in [0.3, 0.4) is 0 Å². The molecule has 1 aromatic rings. The normalized spacial score (nSPS) is 20.0. The van der Waals surface area contributed by atoms with E-state index in [2.05, 4.69) is 10.9 Å². The maximum Gasteiger partial charge on any atom is 0.307 e. The van der Waals surface area contributed by atoms with Crippen molar-refractivity contribution in [2.45, 2.75) is 51.4 Å². The summed E-state index contributed by atoms with van der Waals surface area (Å²) in [7, 11) is 0. The van der Waals surface area contributed by atoms with Gasteiger partial charge in [0.2, 0.25) is 0 Å². The summed E-state index contributed by atoms with van der Waals surface area (Å²) in [5.41, 5.74) is 13.3. The Hall–Kier alpha value is -2.19. The molecule has 0 amide bonds. The molecule has 3 rings (SSSR count). The molecule has 0 aliphatic heterocycles. The SMILES string of the molecule is [N-]=[N+]=C1CC2(CC=C1c1ccc(CC(=O)O)cc1)CCCCC2. The first-order chi connectivity index (χ1) is 11.1. The molecule has 0 heterocycles. The van der Waals surface area contributed by atoms with Crippen molar-refractivity contribution < 1.29 is 14.7 Å². The predicted octanol–water partition coefficient (Wildman–Crippen LogP) is 4.11. The van der Waals surface area contributed by atoms with Gasteiger partial charge in [-0.3, -0.25) is 4.79 Å². The van der Waals surface area contributed by atoms with Crippen molar-refractivity contribution in [3.8, 4) is 0 Å². The first-order valence-electron chi connectivity index (χ1n) is 8.34. The van der Waals surface area contributed by atoms with Crippen molar-refractivity contribution in [2.75, 3.05) is 0 Å². The van der Waals surface area contributed by atoms with Gasteiger partial charge in [0.25, 0.3) is 5.71 Å². The monoisotopic (exact) mass is 310 g/mol. The second-order valence-electron chi connectivity index (χ2n) is 6.87. The molecule has 120 valence electrons. The molecule has 0 bridgehead atoms. The molecule has 1 aromatic carbocycles. The molecule has 2 aliphatic rings. The smallest absolute Gasteiger partial charge is 0.307 e. The zero-order valence-corrected chi connectivity index (χ0v) is 13.3. The summed E-state index contributed by atoms with van der Waals surface area (Å²) in [6.07, 6.45) is 10.4. The van der Waals surface area contributed by atoms with E-state index in [9.17, 15) is 10.3 Å². The highest BCUT2D eigenvalue weighted by atomic mass is 16.4. The number of carbonyl (C=O) groups is 1. The largest absolute Gasteiger partial charge is 0.481 e. The average molecular weight is 310 g/mol. The van der Waals surface area contributed by atoms with E-state index in [1.54, 1.807) is 0 Å². The van der Waals surface area contributed by atoms with Crippen LogP contribution < -0.4 is 0 Å². The van der Waals surface area contributed by atoms with Crippen LogP contribution in [0.15, 0.2) is 30.3 Å². The minimum absolute atomic E-state index is 0.0311. The molecule has 0 atom stereocenters. The van der Waals surface area contributed by atoms with E-state index in [-0.39, 0.29) is 11.8 Å². The predicted molar refractivity (Wildman–Crippen MR) is 89.1 cm³/mol. The van der Waals surface area contributed by atoms with E-state index in [1.807, 2.05) is 24.3 Å². The Morgan fingerprint density at radius 3 is 2.48 bits per heavy atom. The first kappa shape index (κ1) is 15.7. The minimum atomic E-state index is -0.827. The molecule has 1 N–H and O–H groups in total. The molecule has 2 aliphatic carbocycles. The first-order valence-corrected chi connectivity index (χ1v) is 8.34. The van der Waals surface area contributed by atoms with Gasteiger partial charge in [0, 0.05) is 0 Å². The fraction of sp³-hybridized carbons (Fsp3) is 0.474. The van der Waals surface area contributed by atoms with E-state index in [1.165, 1.54) is 32.1 Å². The maximum atomic E-state index is 10.8. The molecule has 1 saturated carbocycles. The lowest BCUT2D eigenvalue weighted by Crippen LogP contribution is -2.30. The summed E-state index contributed by atoms with van der Waals surface area (Å²) in [5, 5.41) is 8.84. The van der Waals surface area contributed by atoms with Crippen LogP contribution in [0.1, 0.15) is 56.1 Å². The number of nitrogens with zero attached hydrogens (tertiary/aromatic N) is 2. The summed E-state index contributed by atoms with van der Waals surface area (Å²) in [4.78, 5) is 14.3. The Morgan fingerprint density at radius 2 is 1.87 bits per heavy atom. The summed E-state index contributed by atoms with van der Waals surface area (Å²) >= 11 is 0. The Bertz CT molecular complexity index is 676. The van der Waals surface area contributed by atoms with Crippen LogP contribution in [0.5, 0.6) is 0 Å². The van der Waals surface area contributed by atoms with Crippen LogP contribution >= 0.6 is 0 Å². The van der Waals surface area contributed by atoms with Crippen LogP contribution in [0.25, 0.3) is 11.1 Å². The molecule has 0 aromatic heterocycles. The maximum absolute atomic E-state index is 10.8. The minimum Gasteiger partial charge on any atom is -0.481 e. The fourth-order valence-corrected chi connectivity index (χ4v) is 3.99. The van der Waals surface area contributed by atoms with Gasteiger partial charge in [0.15, 0.2) is 0 Å². The highest BCUT2D eigenvalue weighted by Crippen LogP contribution is 2.46. The quantitative estimate of drug-likeness (QED) is 0.674. The van der Waals surface area contributed by atoms with Gasteiger partial charge in [-0.1, -0.05) is 49.6 Å². The van der Waals surface area contributed by atoms with Gasteiger partial charge in [0.05, 0.1) is 18.4 Å². The molecular weight excluding hydrogens is 288 g/mol. The third kappa shape index (κ3) is 3.43. The summed E-state index contributed by atoms with van der Waals surface area (Å²) in [6.45, 7) is 0. The van der Waals surface area contributed by atoms with Crippen molar-refractivity contribution in [3.63, 3.8) is 0 Å². The fourth-order valence-electron chi connectivity index (χ4n) is 3.99. The summed E-state index contributed by atoms with van der Waals surface area (Å²) in [5.74, 6) is -0.827. The number of hydrogen-bond acceptors (Lipinski definition) is 1. The van der Waals surface area contributed by atoms with Gasteiger partial charge < -0.3 is 10.6 Å². The van der Waals surface area contributed by atoms with Gasteiger partial charge in [0.1, 0.15) is 0 Å². The number of carboxylic acids is 1. The zero-order valence-electron chi connectivity index (χ0n) is 13.3. The van der Waals surface area contributed by atoms with Gasteiger partial charge in [-0.05, 0) is 35.8 Å². The lowest BCUT2D eigenvalue weighted by atomic mass is 9.65. The van der Waals surface area contributed by atoms with Crippen molar-refractivity contribution in [1.29, 1.82) is 0 Å². The molecule has 1 fully saturated rings. The lowest BCUT2D eigenvalue weighted by Gasteiger charge is -2.37. The molecule has 0 radical (unpaired) electrons. The number of carboxylic acid groups (broad SMARTS) is 1. The van der Waals surface area contributed by atoms with Crippen molar-refractivity contribution in [1.82, 2.24) is 0 Å². The molecule has 0 unspecified atom stereocenters. The number of hydrogen-bond donors (Lipinski definition) is 1. The molecule has 1 spiro atoms. The van der Waals surface area contributed by atoms with Crippen molar-refractivity contribution in [2.24, 2.45) is 5.41 Å². The highest BCUT2D eigenvalue weighted by molar-refractivity contribution is 6.21. The van der Waals surface area contributed by atoms with E-state index in [0.29, 0.717) is 0 Å². The Balaban J connectivity index is 1.84. The standard InChI is InChI=1S/C19H22N2O2/c20-21-17-13-19(9-2-1-3-10-19)11-8-16(17)15-6-4-14(5-7-15)12-18(22)23/h4-8H,1-3,9-13H2,(H,22,23). The topological polar surface area (TPSA) is 73.7 Å². The lowest BCUT2D eigenvalue weighted by molar-refractivity contribution is -0.136. The molecule has 0 saturated heterocycles. The number of allylic oxidation sites excluding steroid dienone is 2. The van der Waals surface area contributed by atoms with E-state index >= 15 is 0 Å². The van der Waals surface area contributed by atoms with Crippen LogP contribution in [0.2, 0.25) is 0 Å². The Kier molecular flexibility index (Phi) is 4.44. The summed E-state index contributed by atoms with van der Waals surface area (Å²) < 4.78 is 0. The van der Waals surface area contributed by atoms with E-state index < -0.39 is 5.97 Å². The average Bonchev–Trinajstić information content (AvgIpc) is 2.56. The van der Waals surface area contributed by atoms with Crippen LogP contribution in [0.4, 0.5) is 0 Å². The van der Waals surface area contributed by atoms with Gasteiger partial charge in [-0.25, -0.2) is 0 Å². The van der Waals surface area contributed by atoms with Gasteiger partial charge in [-0.2, -0.15) is 4.79 Å². The Labute approximate surface area is 136 Å². The number of benzene rings is 1. The Morgan fingerprint density at radius 1 is 1.17 bits per heavy atom. The van der Waals surface area contributed by atoms with Crippen LogP contribution in [-0.2, 0) is 11.2 Å². The van der Waals surface area contributed by atoms with E-state index in [0.717, 1.165) is 35.3 Å². The highest BCUT2D eigenvalue weighted by Gasteiger charge is 2.39. The molecular formula is C19H22N2O2. The van der Waals surface area contributed by atoms with Gasteiger partial charge in [-0.15, -0.1) is 0 Å². The molecule has 4 heteroatoms. The van der Waals surface area contributed by atoms with Crippen molar-refractivity contribution >= 4 is 17.3 Å². The number of rotatable bonds is 3. The van der Waals surface area contributed by atoms with Crippen molar-refractivity contribution in [3.05, 3.63) is 47.0 Å².